The number of hydrogen-bond donors (Lipinski definition) is 3. The molecule has 32 heavy (non-hydrogen) atoms. The molecule has 3 aromatic rings. The predicted octanol–water partition coefficient (Wildman–Crippen LogP) is 4.10. The van der Waals surface area contributed by atoms with Crippen LogP contribution in [0, 0.1) is 0 Å². The molecule has 0 spiro atoms. The maximum Gasteiger partial charge on any atom is 0.276 e. The van der Waals surface area contributed by atoms with E-state index in [9.17, 15) is 9.59 Å². The zero-order valence-electron chi connectivity index (χ0n) is 17.5. The molecule has 3 aromatic carbocycles. The van der Waals surface area contributed by atoms with Gasteiger partial charge in [0.05, 0.1) is 10.6 Å². The number of halogens is 1. The highest BCUT2D eigenvalue weighted by Crippen LogP contribution is 2.32. The lowest BCUT2D eigenvalue weighted by Gasteiger charge is -2.13. The SMILES string of the molecule is CC(C)Oc1ccc(C(=O)NC(=S)NNC(=O)COc2ccc3ccccc3c2Br)cc1. The third-order valence-electron chi connectivity index (χ3n) is 4.22. The molecule has 0 aromatic heterocycles. The fourth-order valence-corrected chi connectivity index (χ4v) is 3.55. The van der Waals surface area contributed by atoms with Gasteiger partial charge in [-0.1, -0.05) is 30.3 Å². The number of hydrazine groups is 1. The lowest BCUT2D eigenvalue weighted by Crippen LogP contribution is -2.49. The van der Waals surface area contributed by atoms with Crippen molar-refractivity contribution in [2.24, 2.45) is 0 Å². The van der Waals surface area contributed by atoms with Crippen molar-refractivity contribution in [3.05, 3.63) is 70.7 Å². The van der Waals surface area contributed by atoms with E-state index in [2.05, 4.69) is 32.1 Å². The summed E-state index contributed by atoms with van der Waals surface area (Å²) in [7, 11) is 0. The molecule has 0 aliphatic rings. The number of nitrogens with one attached hydrogen (secondary N) is 3. The Hall–Kier alpha value is -3.17. The van der Waals surface area contributed by atoms with Crippen LogP contribution in [0.5, 0.6) is 11.5 Å². The molecule has 3 rings (SSSR count). The van der Waals surface area contributed by atoms with Crippen molar-refractivity contribution in [2.45, 2.75) is 20.0 Å². The first kappa shape index (κ1) is 23.5. The van der Waals surface area contributed by atoms with E-state index >= 15 is 0 Å². The summed E-state index contributed by atoms with van der Waals surface area (Å²) in [5.41, 5.74) is 5.28. The van der Waals surface area contributed by atoms with E-state index in [-0.39, 0.29) is 17.8 Å². The van der Waals surface area contributed by atoms with Crippen molar-refractivity contribution in [1.29, 1.82) is 0 Å². The molecule has 3 N–H and O–H groups in total. The van der Waals surface area contributed by atoms with E-state index in [1.807, 2.05) is 44.2 Å². The molecule has 0 saturated carbocycles. The van der Waals surface area contributed by atoms with Gasteiger partial charge in [0.25, 0.3) is 11.8 Å². The van der Waals surface area contributed by atoms with Crippen LogP contribution in [-0.4, -0.2) is 29.6 Å². The van der Waals surface area contributed by atoms with Crippen molar-refractivity contribution in [2.75, 3.05) is 6.61 Å². The van der Waals surface area contributed by atoms with Crippen LogP contribution < -0.4 is 25.6 Å². The monoisotopic (exact) mass is 515 g/mol. The number of carbonyl (C=O) groups excluding carboxylic acids is 2. The number of carbonyl (C=O) groups is 2. The minimum absolute atomic E-state index is 0.0430. The lowest BCUT2D eigenvalue weighted by atomic mass is 10.1. The normalized spacial score (nSPS) is 10.5. The molecule has 0 heterocycles. The topological polar surface area (TPSA) is 88.7 Å². The molecule has 0 atom stereocenters. The summed E-state index contributed by atoms with van der Waals surface area (Å²) in [6, 6.07) is 18.2. The maximum absolute atomic E-state index is 12.3. The molecule has 0 aliphatic heterocycles. The molecular weight excluding hydrogens is 494 g/mol. The first-order valence-electron chi connectivity index (χ1n) is 9.80. The summed E-state index contributed by atoms with van der Waals surface area (Å²) in [5.74, 6) is 0.336. The van der Waals surface area contributed by atoms with E-state index in [0.29, 0.717) is 17.1 Å². The minimum Gasteiger partial charge on any atom is -0.491 e. The fraction of sp³-hybridized carbons (Fsp3) is 0.174. The van der Waals surface area contributed by atoms with Gasteiger partial charge in [0, 0.05) is 5.56 Å². The summed E-state index contributed by atoms with van der Waals surface area (Å²) in [4.78, 5) is 24.3. The number of thiocarbonyl (C=S) groups is 1. The second-order valence-electron chi connectivity index (χ2n) is 7.03. The number of fused-ring (bicyclic) bond motifs is 1. The van der Waals surface area contributed by atoms with Gasteiger partial charge in [-0.3, -0.25) is 25.8 Å². The van der Waals surface area contributed by atoms with Crippen LogP contribution in [0.4, 0.5) is 0 Å². The van der Waals surface area contributed by atoms with Gasteiger partial charge in [0.15, 0.2) is 11.7 Å². The molecule has 166 valence electrons. The second kappa shape index (κ2) is 10.9. The average Bonchev–Trinajstić information content (AvgIpc) is 2.77. The molecule has 0 saturated heterocycles. The highest BCUT2D eigenvalue weighted by molar-refractivity contribution is 9.10. The Bertz CT molecular complexity index is 1140. The van der Waals surface area contributed by atoms with E-state index in [4.69, 9.17) is 21.7 Å². The summed E-state index contributed by atoms with van der Waals surface area (Å²) < 4.78 is 11.9. The standard InChI is InChI=1S/C23H22BrN3O4S/c1-14(2)31-17-10-7-16(8-11-17)22(29)25-23(32)27-26-20(28)13-30-19-12-9-15-5-3-4-6-18(15)21(19)24/h3-12,14H,13H2,1-2H3,(H,26,28)(H2,25,27,29,32). The number of ether oxygens (including phenoxy) is 2. The molecule has 7 nitrogen and oxygen atoms in total. The van der Waals surface area contributed by atoms with Crippen LogP contribution in [0.25, 0.3) is 10.8 Å². The minimum atomic E-state index is -0.461. The molecule has 0 bridgehead atoms. The summed E-state index contributed by atoms with van der Waals surface area (Å²) in [5, 5.41) is 4.49. The largest absolute Gasteiger partial charge is 0.491 e. The molecule has 9 heteroatoms. The number of hydrogen-bond acceptors (Lipinski definition) is 5. The smallest absolute Gasteiger partial charge is 0.276 e. The van der Waals surface area contributed by atoms with Gasteiger partial charge in [-0.25, -0.2) is 0 Å². The summed E-state index contributed by atoms with van der Waals surface area (Å²) >= 11 is 8.56. The molecular formula is C23H22BrN3O4S. The predicted molar refractivity (Wildman–Crippen MR) is 131 cm³/mol. The molecule has 2 amide bonds. The van der Waals surface area contributed by atoms with Gasteiger partial charge in [0.2, 0.25) is 0 Å². The van der Waals surface area contributed by atoms with E-state index < -0.39 is 11.8 Å². The van der Waals surface area contributed by atoms with Gasteiger partial charge < -0.3 is 9.47 Å². The highest BCUT2D eigenvalue weighted by Gasteiger charge is 2.11. The lowest BCUT2D eigenvalue weighted by molar-refractivity contribution is -0.123. The van der Waals surface area contributed by atoms with Crippen molar-refractivity contribution in [1.82, 2.24) is 16.2 Å². The van der Waals surface area contributed by atoms with Crippen LogP contribution in [-0.2, 0) is 4.79 Å². The third-order valence-corrected chi connectivity index (χ3v) is 5.24. The highest BCUT2D eigenvalue weighted by atomic mass is 79.9. The summed E-state index contributed by atoms with van der Waals surface area (Å²) in [6.07, 6.45) is 0.0430. The van der Waals surface area contributed by atoms with Crippen molar-refractivity contribution >= 4 is 55.8 Å². The van der Waals surface area contributed by atoms with Crippen molar-refractivity contribution in [3.63, 3.8) is 0 Å². The molecule has 0 radical (unpaired) electrons. The first-order chi connectivity index (χ1) is 15.3. The van der Waals surface area contributed by atoms with Gasteiger partial charge in [-0.05, 0) is 83.1 Å². The van der Waals surface area contributed by atoms with Gasteiger partial charge in [-0.15, -0.1) is 0 Å². The maximum atomic E-state index is 12.3. The fourth-order valence-electron chi connectivity index (χ4n) is 2.79. The zero-order valence-corrected chi connectivity index (χ0v) is 19.9. The molecule has 0 aliphatic carbocycles. The number of benzene rings is 3. The van der Waals surface area contributed by atoms with Gasteiger partial charge in [-0.2, -0.15) is 0 Å². The first-order valence-corrected chi connectivity index (χ1v) is 11.0. The van der Waals surface area contributed by atoms with Crippen LogP contribution in [0.1, 0.15) is 24.2 Å². The average molecular weight is 516 g/mol. The van der Waals surface area contributed by atoms with Gasteiger partial charge in [0.1, 0.15) is 11.5 Å². The Morgan fingerprint density at radius 3 is 2.44 bits per heavy atom. The Balaban J connectivity index is 1.45. The Morgan fingerprint density at radius 2 is 1.72 bits per heavy atom. The van der Waals surface area contributed by atoms with Crippen LogP contribution in [0.3, 0.4) is 0 Å². The number of rotatable bonds is 6. The summed E-state index contributed by atoms with van der Waals surface area (Å²) in [6.45, 7) is 3.60. The van der Waals surface area contributed by atoms with Crippen LogP contribution >= 0.6 is 28.1 Å². The van der Waals surface area contributed by atoms with E-state index in [1.54, 1.807) is 30.3 Å². The van der Waals surface area contributed by atoms with Gasteiger partial charge >= 0.3 is 0 Å². The zero-order chi connectivity index (χ0) is 23.1. The quantitative estimate of drug-likeness (QED) is 0.338. The van der Waals surface area contributed by atoms with Crippen LogP contribution in [0.15, 0.2) is 65.1 Å². The van der Waals surface area contributed by atoms with E-state index in [0.717, 1.165) is 15.2 Å². The Kier molecular flexibility index (Phi) is 8.02. The second-order valence-corrected chi connectivity index (χ2v) is 8.24. The van der Waals surface area contributed by atoms with E-state index in [1.165, 1.54) is 0 Å². The third kappa shape index (κ3) is 6.41. The Morgan fingerprint density at radius 1 is 1.00 bits per heavy atom. The molecule has 0 fully saturated rings. The van der Waals surface area contributed by atoms with Crippen molar-refractivity contribution in [3.8, 4) is 11.5 Å². The van der Waals surface area contributed by atoms with Crippen molar-refractivity contribution < 1.29 is 19.1 Å². The molecule has 0 unspecified atom stereocenters. The van der Waals surface area contributed by atoms with Crippen LogP contribution in [0.2, 0.25) is 0 Å². The Labute approximate surface area is 199 Å². The number of amides is 2.